The van der Waals surface area contributed by atoms with Crippen molar-refractivity contribution in [2.45, 2.75) is 13.0 Å². The van der Waals surface area contributed by atoms with Crippen molar-refractivity contribution in [1.29, 1.82) is 0 Å². The van der Waals surface area contributed by atoms with Gasteiger partial charge in [0.2, 0.25) is 5.91 Å². The van der Waals surface area contributed by atoms with Crippen LogP contribution in [-0.2, 0) is 4.79 Å². The van der Waals surface area contributed by atoms with E-state index in [9.17, 15) is 9.59 Å². The van der Waals surface area contributed by atoms with E-state index in [4.69, 9.17) is 5.73 Å². The number of likely N-dealkylation sites (N-methyl/N-ethyl adjacent to an activating group) is 1. The molecule has 2 amide bonds. The number of nitrogens with one attached hydrogen (secondary N) is 1. The van der Waals surface area contributed by atoms with Crippen LogP contribution in [-0.4, -0.2) is 45.1 Å². The average molecular weight is 384 g/mol. The second-order valence-electron chi connectivity index (χ2n) is 6.10. The minimum atomic E-state index is -0.555. The van der Waals surface area contributed by atoms with Gasteiger partial charge in [0.05, 0.1) is 17.8 Å². The summed E-state index contributed by atoms with van der Waals surface area (Å²) in [4.78, 5) is 29.5. The summed E-state index contributed by atoms with van der Waals surface area (Å²) in [5.74, 6) is -0.755. The molecular weight excluding hydrogens is 364 g/mol. The summed E-state index contributed by atoms with van der Waals surface area (Å²) in [6.45, 7) is 2.21. The fourth-order valence-electron chi connectivity index (χ4n) is 2.63. The Morgan fingerprint density at radius 3 is 2.67 bits per heavy atom. The van der Waals surface area contributed by atoms with Gasteiger partial charge in [-0.1, -0.05) is 12.1 Å². The molecule has 9 heteroatoms. The number of carbonyl (C=O) groups is 2. The van der Waals surface area contributed by atoms with E-state index < -0.39 is 5.91 Å². The number of primary amides is 1. The van der Waals surface area contributed by atoms with Crippen molar-refractivity contribution in [3.05, 3.63) is 59.5 Å². The maximum absolute atomic E-state index is 12.3. The van der Waals surface area contributed by atoms with E-state index >= 15 is 0 Å². The highest BCUT2D eigenvalue weighted by Gasteiger charge is 2.17. The molecule has 1 aromatic carbocycles. The fourth-order valence-corrected chi connectivity index (χ4v) is 3.44. The van der Waals surface area contributed by atoms with Crippen LogP contribution in [0.2, 0.25) is 0 Å². The van der Waals surface area contributed by atoms with Gasteiger partial charge >= 0.3 is 0 Å². The quantitative estimate of drug-likeness (QED) is 0.648. The molecule has 140 valence electrons. The first kappa shape index (κ1) is 18.7. The molecule has 2 heterocycles. The van der Waals surface area contributed by atoms with E-state index in [1.165, 1.54) is 17.7 Å². The Morgan fingerprint density at radius 2 is 2.04 bits per heavy atom. The zero-order valence-corrected chi connectivity index (χ0v) is 15.8. The number of rotatable bonds is 7. The van der Waals surface area contributed by atoms with E-state index in [1.54, 1.807) is 22.5 Å². The summed E-state index contributed by atoms with van der Waals surface area (Å²) in [7, 11) is 1.87. The predicted molar refractivity (Wildman–Crippen MR) is 104 cm³/mol. The van der Waals surface area contributed by atoms with Crippen LogP contribution in [0.15, 0.2) is 48.4 Å². The van der Waals surface area contributed by atoms with Crippen molar-refractivity contribution in [3.8, 4) is 5.69 Å². The summed E-state index contributed by atoms with van der Waals surface area (Å²) in [5, 5.41) is 9.05. The van der Waals surface area contributed by atoms with Crippen molar-refractivity contribution in [2.75, 3.05) is 18.9 Å². The molecule has 0 radical (unpaired) electrons. The third-order valence-corrected chi connectivity index (χ3v) is 5.13. The third kappa shape index (κ3) is 4.39. The van der Waals surface area contributed by atoms with E-state index in [-0.39, 0.29) is 18.5 Å². The zero-order valence-electron chi connectivity index (χ0n) is 15.0. The van der Waals surface area contributed by atoms with Gasteiger partial charge in [0.1, 0.15) is 17.7 Å². The van der Waals surface area contributed by atoms with E-state index in [0.717, 1.165) is 11.3 Å². The average Bonchev–Trinajstić information content (AvgIpc) is 3.33. The molecule has 0 bridgehead atoms. The topological polar surface area (TPSA) is 106 Å². The monoisotopic (exact) mass is 384 g/mol. The largest absolute Gasteiger partial charge is 0.366 e. The summed E-state index contributed by atoms with van der Waals surface area (Å²) in [5.41, 5.74) is 7.62. The number of hydrogen-bond donors (Lipinski definition) is 2. The van der Waals surface area contributed by atoms with Crippen molar-refractivity contribution in [3.63, 3.8) is 0 Å². The second kappa shape index (κ2) is 8.11. The highest BCUT2D eigenvalue weighted by Crippen LogP contribution is 2.23. The first-order chi connectivity index (χ1) is 13.0. The highest BCUT2D eigenvalue weighted by molar-refractivity contribution is 7.14. The molecule has 0 aliphatic carbocycles. The lowest BCUT2D eigenvalue weighted by atomic mass is 10.1. The Kier molecular flexibility index (Phi) is 5.63. The van der Waals surface area contributed by atoms with Gasteiger partial charge in [-0.15, -0.1) is 11.3 Å². The van der Waals surface area contributed by atoms with Gasteiger partial charge < -0.3 is 11.1 Å². The molecule has 0 saturated carbocycles. The molecule has 0 saturated heterocycles. The molecule has 0 aliphatic rings. The minimum Gasteiger partial charge on any atom is -0.366 e. The van der Waals surface area contributed by atoms with Crippen LogP contribution >= 0.6 is 11.3 Å². The second-order valence-corrected chi connectivity index (χ2v) is 7.01. The Morgan fingerprint density at radius 1 is 1.30 bits per heavy atom. The Labute approximate surface area is 160 Å². The van der Waals surface area contributed by atoms with Gasteiger partial charge in [0.25, 0.3) is 5.91 Å². The molecule has 0 aliphatic heterocycles. The van der Waals surface area contributed by atoms with Crippen LogP contribution in [0.3, 0.4) is 0 Å². The van der Waals surface area contributed by atoms with Crippen LogP contribution in [0.5, 0.6) is 0 Å². The lowest BCUT2D eigenvalue weighted by Gasteiger charge is -2.24. The van der Waals surface area contributed by atoms with Crippen LogP contribution in [0.25, 0.3) is 5.69 Å². The van der Waals surface area contributed by atoms with Gasteiger partial charge in [-0.3, -0.25) is 14.5 Å². The number of carbonyl (C=O) groups excluding carboxylic acids is 2. The number of anilines is 1. The third-order valence-electron chi connectivity index (χ3n) is 4.30. The minimum absolute atomic E-state index is 0.0273. The number of amides is 2. The van der Waals surface area contributed by atoms with Crippen molar-refractivity contribution in [2.24, 2.45) is 5.73 Å². The molecule has 0 fully saturated rings. The molecule has 0 unspecified atom stereocenters. The molecule has 27 heavy (non-hydrogen) atoms. The Hall–Kier alpha value is -3.04. The molecule has 3 rings (SSSR count). The summed E-state index contributed by atoms with van der Waals surface area (Å²) in [6.07, 6.45) is 3.12. The van der Waals surface area contributed by atoms with Crippen molar-refractivity contribution >= 4 is 28.2 Å². The number of thiophene rings is 1. The van der Waals surface area contributed by atoms with Crippen LogP contribution in [0.4, 0.5) is 5.00 Å². The Bertz CT molecular complexity index is 920. The van der Waals surface area contributed by atoms with E-state index in [2.05, 4.69) is 15.4 Å². The van der Waals surface area contributed by atoms with Crippen LogP contribution in [0.1, 0.15) is 28.9 Å². The van der Waals surface area contributed by atoms with Crippen LogP contribution in [0, 0.1) is 0 Å². The lowest BCUT2D eigenvalue weighted by Crippen LogP contribution is -2.32. The number of hydrogen-bond acceptors (Lipinski definition) is 6. The molecule has 3 aromatic rings. The van der Waals surface area contributed by atoms with Gasteiger partial charge in [-0.25, -0.2) is 9.67 Å². The molecule has 3 N–H and O–H groups in total. The molecule has 0 spiro atoms. The number of nitrogens with zero attached hydrogens (tertiary/aromatic N) is 4. The van der Waals surface area contributed by atoms with Crippen molar-refractivity contribution in [1.82, 2.24) is 19.7 Å². The summed E-state index contributed by atoms with van der Waals surface area (Å²) in [6, 6.07) is 9.55. The fraction of sp³-hybridized carbons (Fsp3) is 0.222. The predicted octanol–water partition coefficient (Wildman–Crippen LogP) is 2.06. The maximum atomic E-state index is 12.3. The smallest absolute Gasteiger partial charge is 0.251 e. The highest BCUT2D eigenvalue weighted by atomic mass is 32.1. The first-order valence-corrected chi connectivity index (χ1v) is 9.16. The maximum Gasteiger partial charge on any atom is 0.251 e. The normalized spacial score (nSPS) is 12.1. The summed E-state index contributed by atoms with van der Waals surface area (Å²) >= 11 is 1.27. The molecule has 1 atom stereocenters. The van der Waals surface area contributed by atoms with Gasteiger partial charge in [0, 0.05) is 6.04 Å². The number of aromatic nitrogens is 3. The number of benzene rings is 1. The van der Waals surface area contributed by atoms with E-state index in [1.807, 2.05) is 43.1 Å². The zero-order chi connectivity index (χ0) is 19.4. The van der Waals surface area contributed by atoms with Gasteiger partial charge in [-0.2, -0.15) is 5.10 Å². The molecule has 8 nitrogen and oxygen atoms in total. The molecule has 2 aromatic heterocycles. The standard InChI is InChI=1S/C18H20N6O2S/c1-12(13-3-5-14(6-4-13)24-11-20-10-21-24)23(2)9-16(25)22-18-15(17(19)26)7-8-27-18/h3-8,10-12H,9H2,1-2H3,(H2,19,26)(H,22,25)/t12-/m0/s1. The summed E-state index contributed by atoms with van der Waals surface area (Å²) < 4.78 is 1.68. The SMILES string of the molecule is C[C@@H](c1ccc(-n2cncn2)cc1)N(C)CC(=O)Nc1sccc1C(N)=O. The van der Waals surface area contributed by atoms with E-state index in [0.29, 0.717) is 10.6 Å². The van der Waals surface area contributed by atoms with Gasteiger partial charge in [0.15, 0.2) is 0 Å². The lowest BCUT2D eigenvalue weighted by molar-refractivity contribution is -0.117. The Balaban J connectivity index is 1.61. The first-order valence-electron chi connectivity index (χ1n) is 8.28. The van der Waals surface area contributed by atoms with Gasteiger partial charge in [-0.05, 0) is 43.1 Å². The van der Waals surface area contributed by atoms with Crippen LogP contribution < -0.4 is 11.1 Å². The molecular formula is C18H20N6O2S. The number of nitrogens with two attached hydrogens (primary N) is 1. The van der Waals surface area contributed by atoms with Crippen molar-refractivity contribution < 1.29 is 9.59 Å².